The van der Waals surface area contributed by atoms with Gasteiger partial charge < -0.3 is 10.1 Å². The van der Waals surface area contributed by atoms with Crippen LogP contribution >= 0.6 is 27.3 Å². The SMILES string of the molecule is Cc1cc(Br)ccc1OCc1ccc(CNCC(C)C)s1. The summed E-state index contributed by atoms with van der Waals surface area (Å²) < 4.78 is 6.99. The molecule has 0 saturated heterocycles. The van der Waals surface area contributed by atoms with Crippen LogP contribution in [-0.2, 0) is 13.2 Å². The van der Waals surface area contributed by atoms with Crippen LogP contribution in [0.4, 0.5) is 0 Å². The Balaban J connectivity index is 1.85. The zero-order chi connectivity index (χ0) is 15.2. The lowest BCUT2D eigenvalue weighted by molar-refractivity contribution is 0.307. The van der Waals surface area contributed by atoms with E-state index >= 15 is 0 Å². The van der Waals surface area contributed by atoms with E-state index in [1.165, 1.54) is 9.75 Å². The summed E-state index contributed by atoms with van der Waals surface area (Å²) in [6.07, 6.45) is 0. The van der Waals surface area contributed by atoms with Crippen LogP contribution < -0.4 is 10.1 Å². The molecule has 1 aromatic carbocycles. The van der Waals surface area contributed by atoms with Gasteiger partial charge in [0, 0.05) is 20.8 Å². The molecule has 21 heavy (non-hydrogen) atoms. The van der Waals surface area contributed by atoms with E-state index in [2.05, 4.69) is 60.2 Å². The molecule has 2 rings (SSSR count). The highest BCUT2D eigenvalue weighted by Crippen LogP contribution is 2.24. The molecule has 0 amide bonds. The van der Waals surface area contributed by atoms with Gasteiger partial charge >= 0.3 is 0 Å². The largest absolute Gasteiger partial charge is 0.488 e. The quantitative estimate of drug-likeness (QED) is 0.730. The number of hydrogen-bond acceptors (Lipinski definition) is 3. The lowest BCUT2D eigenvalue weighted by atomic mass is 10.2. The molecule has 0 saturated carbocycles. The van der Waals surface area contributed by atoms with Gasteiger partial charge in [-0.05, 0) is 55.3 Å². The van der Waals surface area contributed by atoms with E-state index in [4.69, 9.17) is 4.74 Å². The first-order chi connectivity index (χ1) is 10.0. The minimum absolute atomic E-state index is 0.636. The molecule has 114 valence electrons. The van der Waals surface area contributed by atoms with E-state index in [1.54, 1.807) is 0 Å². The number of nitrogens with one attached hydrogen (secondary N) is 1. The van der Waals surface area contributed by atoms with Crippen molar-refractivity contribution in [1.82, 2.24) is 5.32 Å². The maximum Gasteiger partial charge on any atom is 0.122 e. The summed E-state index contributed by atoms with van der Waals surface area (Å²) in [6, 6.07) is 10.4. The van der Waals surface area contributed by atoms with Gasteiger partial charge in [0.1, 0.15) is 12.4 Å². The minimum Gasteiger partial charge on any atom is -0.488 e. The molecule has 0 fully saturated rings. The maximum atomic E-state index is 5.90. The molecule has 2 nitrogen and oxygen atoms in total. The van der Waals surface area contributed by atoms with Gasteiger partial charge in [0.2, 0.25) is 0 Å². The molecule has 2 aromatic rings. The Morgan fingerprint density at radius 1 is 1.19 bits per heavy atom. The Kier molecular flexibility index (Phi) is 6.27. The Bertz CT molecular complexity index is 580. The Morgan fingerprint density at radius 2 is 1.95 bits per heavy atom. The number of aryl methyl sites for hydroxylation is 1. The molecule has 0 atom stereocenters. The van der Waals surface area contributed by atoms with Gasteiger partial charge in [0.15, 0.2) is 0 Å². The number of hydrogen-bond donors (Lipinski definition) is 1. The van der Waals surface area contributed by atoms with Crippen LogP contribution in [0, 0.1) is 12.8 Å². The Labute approximate surface area is 139 Å². The highest BCUT2D eigenvalue weighted by molar-refractivity contribution is 9.10. The van der Waals surface area contributed by atoms with Crippen molar-refractivity contribution in [3.05, 3.63) is 50.1 Å². The molecule has 4 heteroatoms. The minimum atomic E-state index is 0.636. The third kappa shape index (κ3) is 5.46. The fourth-order valence-corrected chi connectivity index (χ4v) is 3.38. The maximum absolute atomic E-state index is 5.90. The normalized spacial score (nSPS) is 11.1. The van der Waals surface area contributed by atoms with Gasteiger partial charge in [-0.3, -0.25) is 0 Å². The summed E-state index contributed by atoms with van der Waals surface area (Å²) in [5, 5.41) is 3.47. The Morgan fingerprint density at radius 3 is 2.67 bits per heavy atom. The van der Waals surface area contributed by atoms with E-state index in [1.807, 2.05) is 23.5 Å². The fraction of sp³-hybridized carbons (Fsp3) is 0.412. The van der Waals surface area contributed by atoms with Gasteiger partial charge in [-0.2, -0.15) is 0 Å². The number of rotatable bonds is 7. The van der Waals surface area contributed by atoms with Crippen molar-refractivity contribution in [2.24, 2.45) is 5.92 Å². The van der Waals surface area contributed by atoms with Crippen molar-refractivity contribution in [2.45, 2.75) is 33.9 Å². The molecular formula is C17H22BrNOS. The topological polar surface area (TPSA) is 21.3 Å². The monoisotopic (exact) mass is 367 g/mol. The van der Waals surface area contributed by atoms with Gasteiger partial charge in [0.05, 0.1) is 0 Å². The summed E-state index contributed by atoms with van der Waals surface area (Å²) in [5.74, 6) is 1.64. The van der Waals surface area contributed by atoms with Crippen LogP contribution in [0.2, 0.25) is 0 Å². The molecule has 1 aromatic heterocycles. The molecule has 0 bridgehead atoms. The average Bonchev–Trinajstić information content (AvgIpc) is 2.85. The molecule has 1 N–H and O–H groups in total. The zero-order valence-corrected chi connectivity index (χ0v) is 15.2. The van der Waals surface area contributed by atoms with Crippen molar-refractivity contribution in [3.8, 4) is 5.75 Å². The van der Waals surface area contributed by atoms with Crippen molar-refractivity contribution >= 4 is 27.3 Å². The fourth-order valence-electron chi connectivity index (χ4n) is 2.00. The summed E-state index contributed by atoms with van der Waals surface area (Å²) >= 11 is 5.29. The van der Waals surface area contributed by atoms with E-state index in [-0.39, 0.29) is 0 Å². The van der Waals surface area contributed by atoms with Crippen LogP contribution in [-0.4, -0.2) is 6.54 Å². The van der Waals surface area contributed by atoms with Crippen LogP contribution in [0.15, 0.2) is 34.8 Å². The molecule has 0 aliphatic rings. The molecule has 0 spiro atoms. The lowest BCUT2D eigenvalue weighted by Gasteiger charge is -2.08. The number of ether oxygens (including phenoxy) is 1. The smallest absolute Gasteiger partial charge is 0.122 e. The Hall–Kier alpha value is -0.840. The molecule has 1 heterocycles. The summed E-state index contributed by atoms with van der Waals surface area (Å²) in [7, 11) is 0. The standard InChI is InChI=1S/C17H22BrNOS/c1-12(2)9-19-10-15-5-6-16(21-15)11-20-17-7-4-14(18)8-13(17)3/h4-8,12,19H,9-11H2,1-3H3. The van der Waals surface area contributed by atoms with Gasteiger partial charge in [-0.15, -0.1) is 11.3 Å². The van der Waals surface area contributed by atoms with Gasteiger partial charge in [0.25, 0.3) is 0 Å². The number of thiophene rings is 1. The zero-order valence-electron chi connectivity index (χ0n) is 12.8. The van der Waals surface area contributed by atoms with E-state index in [9.17, 15) is 0 Å². The summed E-state index contributed by atoms with van der Waals surface area (Å²) in [5.41, 5.74) is 1.15. The van der Waals surface area contributed by atoms with Crippen LogP contribution in [0.3, 0.4) is 0 Å². The lowest BCUT2D eigenvalue weighted by Crippen LogP contribution is -2.18. The van der Waals surface area contributed by atoms with Gasteiger partial charge in [-0.25, -0.2) is 0 Å². The van der Waals surface area contributed by atoms with Gasteiger partial charge in [-0.1, -0.05) is 29.8 Å². The molecule has 0 radical (unpaired) electrons. The first kappa shape index (κ1) is 16.5. The van der Waals surface area contributed by atoms with E-state index in [0.717, 1.165) is 28.9 Å². The molecule has 0 aliphatic heterocycles. The highest BCUT2D eigenvalue weighted by atomic mass is 79.9. The second-order valence-electron chi connectivity index (χ2n) is 5.59. The second-order valence-corrected chi connectivity index (χ2v) is 7.76. The summed E-state index contributed by atoms with van der Waals surface area (Å²) in [4.78, 5) is 2.63. The van der Waals surface area contributed by atoms with E-state index in [0.29, 0.717) is 12.5 Å². The second kappa shape index (κ2) is 7.97. The van der Waals surface area contributed by atoms with Crippen LogP contribution in [0.5, 0.6) is 5.75 Å². The molecular weight excluding hydrogens is 346 g/mol. The highest BCUT2D eigenvalue weighted by Gasteiger charge is 2.04. The van der Waals surface area contributed by atoms with Crippen molar-refractivity contribution in [3.63, 3.8) is 0 Å². The van der Waals surface area contributed by atoms with Crippen molar-refractivity contribution in [1.29, 1.82) is 0 Å². The van der Waals surface area contributed by atoms with Crippen molar-refractivity contribution in [2.75, 3.05) is 6.54 Å². The summed E-state index contributed by atoms with van der Waals surface area (Å²) in [6.45, 7) is 9.15. The first-order valence-electron chi connectivity index (χ1n) is 7.22. The third-order valence-electron chi connectivity index (χ3n) is 3.08. The van der Waals surface area contributed by atoms with Crippen LogP contribution in [0.25, 0.3) is 0 Å². The van der Waals surface area contributed by atoms with Crippen LogP contribution in [0.1, 0.15) is 29.2 Å². The van der Waals surface area contributed by atoms with E-state index < -0.39 is 0 Å². The molecule has 0 aliphatic carbocycles. The third-order valence-corrected chi connectivity index (χ3v) is 4.63. The predicted octanol–water partition coefficient (Wildman–Crippen LogP) is 5.14. The first-order valence-corrected chi connectivity index (χ1v) is 8.83. The van der Waals surface area contributed by atoms with Crippen molar-refractivity contribution < 1.29 is 4.74 Å². The molecule has 0 unspecified atom stereocenters. The average molecular weight is 368 g/mol. The number of halogens is 1. The predicted molar refractivity (Wildman–Crippen MR) is 94.1 cm³/mol. The number of benzene rings is 1.